The first-order valence-corrected chi connectivity index (χ1v) is 13.3. The van der Waals surface area contributed by atoms with Gasteiger partial charge < -0.3 is 4.74 Å². The highest BCUT2D eigenvalue weighted by atomic mass is 35.5. The topological polar surface area (TPSA) is 9.23 Å². The average Bonchev–Trinajstić information content (AvgIpc) is 2.86. The van der Waals surface area contributed by atoms with E-state index in [9.17, 15) is 43.9 Å². The van der Waals surface area contributed by atoms with Crippen LogP contribution in [0.1, 0.15) is 42.9 Å². The lowest BCUT2D eigenvalue weighted by atomic mass is 9.96. The Hall–Kier alpha value is -3.80. The van der Waals surface area contributed by atoms with Crippen molar-refractivity contribution in [3.8, 4) is 28.0 Å². The van der Waals surface area contributed by atoms with Gasteiger partial charge in [-0.15, -0.1) is 0 Å². The van der Waals surface area contributed by atoms with Gasteiger partial charge >= 0.3 is 12.3 Å². The predicted octanol–water partition coefficient (Wildman–Crippen LogP) is 11.4. The highest BCUT2D eigenvalue weighted by molar-refractivity contribution is 6.33. The van der Waals surface area contributed by atoms with Crippen molar-refractivity contribution in [2.75, 3.05) is 0 Å². The lowest BCUT2D eigenvalue weighted by Gasteiger charge is -2.21. The molecule has 0 saturated carbocycles. The van der Waals surface area contributed by atoms with E-state index in [1.165, 1.54) is 12.1 Å². The summed E-state index contributed by atoms with van der Waals surface area (Å²) in [6.07, 6.45) is -7.10. The van der Waals surface area contributed by atoms with Crippen molar-refractivity contribution in [3.05, 3.63) is 111 Å². The quantitative estimate of drug-likeness (QED) is 0.129. The fourth-order valence-corrected chi connectivity index (χ4v) is 4.92. The summed E-state index contributed by atoms with van der Waals surface area (Å²) < 4.78 is 159. The first kappa shape index (κ1) is 33.1. The highest BCUT2D eigenvalue weighted by Crippen LogP contribution is 2.42. The largest absolute Gasteiger partial charge is 0.432 e. The monoisotopic (exact) mass is 652 g/mol. The SMILES string of the molecule is CCCCCc1ccc(-c2cc(F)c(-c3cc(F)c(C(F)(F)Oc4cc(F)c(C(F)(F)F)c(F)c4)c(F)c3)c(Cl)c2)c(F)c1. The summed E-state index contributed by atoms with van der Waals surface area (Å²) >= 11 is 6.17. The van der Waals surface area contributed by atoms with Gasteiger partial charge in [0.15, 0.2) is 0 Å². The zero-order valence-electron chi connectivity index (χ0n) is 22.5. The van der Waals surface area contributed by atoms with Crippen LogP contribution >= 0.6 is 11.6 Å². The summed E-state index contributed by atoms with van der Waals surface area (Å²) in [5.41, 5.74) is -5.04. The van der Waals surface area contributed by atoms with E-state index < -0.39 is 80.2 Å². The maximum Gasteiger partial charge on any atom is 0.432 e. The van der Waals surface area contributed by atoms with Crippen molar-refractivity contribution in [3.63, 3.8) is 0 Å². The van der Waals surface area contributed by atoms with Gasteiger partial charge in [-0.2, -0.15) is 22.0 Å². The second kappa shape index (κ2) is 12.7. The molecule has 0 radical (unpaired) electrons. The Morgan fingerprint density at radius 2 is 1.20 bits per heavy atom. The van der Waals surface area contributed by atoms with E-state index in [4.69, 9.17) is 11.6 Å². The van der Waals surface area contributed by atoms with Gasteiger partial charge in [-0.25, -0.2) is 26.3 Å². The Morgan fingerprint density at radius 3 is 1.73 bits per heavy atom. The molecule has 0 aliphatic carbocycles. The standard InChI is InChI=1S/C31H20ClF11O/c1-2-3-4-5-15-6-7-19(21(33)8-15)16-9-20(32)27(22(34)10-16)17-11-23(35)29(24(36)12-17)31(42,43)44-18-13-25(37)28(26(38)14-18)30(39,40)41/h6-14H,2-5H2,1H3. The van der Waals surface area contributed by atoms with Crippen LogP contribution in [0, 0.1) is 34.9 Å². The Balaban J connectivity index is 1.65. The fourth-order valence-electron chi connectivity index (χ4n) is 4.61. The number of rotatable bonds is 9. The van der Waals surface area contributed by atoms with Gasteiger partial charge in [0.05, 0.1) is 5.02 Å². The highest BCUT2D eigenvalue weighted by Gasteiger charge is 2.43. The van der Waals surface area contributed by atoms with Gasteiger partial charge in [0.25, 0.3) is 0 Å². The molecule has 0 spiro atoms. The van der Waals surface area contributed by atoms with Gasteiger partial charge in [0.2, 0.25) is 0 Å². The van der Waals surface area contributed by atoms with E-state index in [1.807, 2.05) is 6.92 Å². The van der Waals surface area contributed by atoms with Crippen molar-refractivity contribution in [1.29, 1.82) is 0 Å². The summed E-state index contributed by atoms with van der Waals surface area (Å²) in [7, 11) is 0. The number of hydrogen-bond acceptors (Lipinski definition) is 1. The average molecular weight is 653 g/mol. The Kier molecular flexibility index (Phi) is 9.53. The lowest BCUT2D eigenvalue weighted by molar-refractivity contribution is -0.189. The molecule has 0 N–H and O–H groups in total. The Morgan fingerprint density at radius 1 is 0.636 bits per heavy atom. The zero-order chi connectivity index (χ0) is 32.6. The summed E-state index contributed by atoms with van der Waals surface area (Å²) in [6.45, 7) is 2.02. The molecule has 0 fully saturated rings. The lowest BCUT2D eigenvalue weighted by Crippen LogP contribution is -2.25. The van der Waals surface area contributed by atoms with E-state index in [0.717, 1.165) is 37.0 Å². The molecule has 0 amide bonds. The summed E-state index contributed by atoms with van der Waals surface area (Å²) in [5, 5.41) is -0.448. The fraction of sp³-hybridized carbons (Fsp3) is 0.226. The second-order valence-electron chi connectivity index (χ2n) is 9.78. The summed E-state index contributed by atoms with van der Waals surface area (Å²) in [4.78, 5) is 0. The number of alkyl halides is 5. The zero-order valence-corrected chi connectivity index (χ0v) is 23.2. The summed E-state index contributed by atoms with van der Waals surface area (Å²) in [5.74, 6) is -12.0. The number of hydrogen-bond donors (Lipinski definition) is 0. The van der Waals surface area contributed by atoms with E-state index in [0.29, 0.717) is 6.42 Å². The molecule has 0 bridgehead atoms. The van der Waals surface area contributed by atoms with Crippen LogP contribution in [0.4, 0.5) is 48.3 Å². The third-order valence-electron chi connectivity index (χ3n) is 6.62. The molecular formula is C31H20ClF11O. The molecular weight excluding hydrogens is 633 g/mol. The first-order chi connectivity index (χ1) is 20.5. The smallest absolute Gasteiger partial charge is 0.429 e. The van der Waals surface area contributed by atoms with Crippen molar-refractivity contribution in [2.24, 2.45) is 0 Å². The maximum atomic E-state index is 15.2. The van der Waals surface area contributed by atoms with Crippen LogP contribution in [0.15, 0.2) is 54.6 Å². The van der Waals surface area contributed by atoms with Crippen molar-refractivity contribution in [1.82, 2.24) is 0 Å². The van der Waals surface area contributed by atoms with E-state index in [1.54, 1.807) is 6.07 Å². The minimum atomic E-state index is -5.51. The number of unbranched alkanes of at least 4 members (excludes halogenated alkanes) is 2. The Labute approximate surface area is 248 Å². The summed E-state index contributed by atoms with van der Waals surface area (Å²) in [6, 6.07) is 6.42. The van der Waals surface area contributed by atoms with Crippen molar-refractivity contribution < 1.29 is 53.0 Å². The number of ether oxygens (including phenoxy) is 1. The molecule has 4 aromatic carbocycles. The van der Waals surface area contributed by atoms with Gasteiger partial charge in [-0.3, -0.25) is 0 Å². The molecule has 0 aliphatic rings. The van der Waals surface area contributed by atoms with Crippen LogP contribution in [0.5, 0.6) is 5.75 Å². The van der Waals surface area contributed by atoms with Crippen LogP contribution in [0.2, 0.25) is 5.02 Å². The maximum absolute atomic E-state index is 15.2. The van der Waals surface area contributed by atoms with Crippen LogP contribution < -0.4 is 4.74 Å². The van der Waals surface area contributed by atoms with Crippen LogP contribution in [-0.4, -0.2) is 0 Å². The van der Waals surface area contributed by atoms with Crippen molar-refractivity contribution in [2.45, 2.75) is 44.9 Å². The first-order valence-electron chi connectivity index (χ1n) is 12.9. The minimum Gasteiger partial charge on any atom is -0.429 e. The molecule has 0 unspecified atom stereocenters. The van der Waals surface area contributed by atoms with Gasteiger partial charge in [0.1, 0.15) is 51.8 Å². The van der Waals surface area contributed by atoms with E-state index >= 15 is 4.39 Å². The molecule has 0 heterocycles. The third kappa shape index (κ3) is 6.95. The number of halogens is 12. The molecule has 0 atom stereocenters. The third-order valence-corrected chi connectivity index (χ3v) is 6.92. The van der Waals surface area contributed by atoms with E-state index in [2.05, 4.69) is 4.74 Å². The van der Waals surface area contributed by atoms with E-state index in [-0.39, 0.29) is 35.4 Å². The molecule has 4 aromatic rings. The molecule has 0 aliphatic heterocycles. The second-order valence-corrected chi connectivity index (χ2v) is 10.2. The van der Waals surface area contributed by atoms with Crippen LogP contribution in [0.3, 0.4) is 0 Å². The molecule has 0 aromatic heterocycles. The van der Waals surface area contributed by atoms with Gasteiger partial charge in [-0.1, -0.05) is 43.5 Å². The number of benzene rings is 4. The van der Waals surface area contributed by atoms with Gasteiger partial charge in [-0.05, 0) is 59.9 Å². The molecule has 4 rings (SSSR count). The van der Waals surface area contributed by atoms with Crippen LogP contribution in [-0.2, 0) is 18.7 Å². The molecule has 234 valence electrons. The minimum absolute atomic E-state index is 0.0117. The molecule has 13 heteroatoms. The van der Waals surface area contributed by atoms with Crippen LogP contribution in [0.25, 0.3) is 22.3 Å². The Bertz CT molecular complexity index is 1630. The molecule has 0 saturated heterocycles. The predicted molar refractivity (Wildman–Crippen MR) is 141 cm³/mol. The molecule has 1 nitrogen and oxygen atoms in total. The normalized spacial score (nSPS) is 12.1. The van der Waals surface area contributed by atoms with Crippen molar-refractivity contribution >= 4 is 11.6 Å². The van der Waals surface area contributed by atoms with Gasteiger partial charge in [0, 0.05) is 23.3 Å². The molecule has 44 heavy (non-hydrogen) atoms. The number of aryl methyl sites for hydroxylation is 1.